The standard InChI is InChI=1S/C13H16FN/c1-9(2)3-4-10-8-15-13-6-5-11(14)7-12(10)13/h5-9,15H,3-4H2,1-2H3. The SMILES string of the molecule is CC(C)CCc1c[nH]c2ccc(F)cc12. The van der Waals surface area contributed by atoms with Crippen molar-refractivity contribution in [2.45, 2.75) is 26.7 Å². The van der Waals surface area contributed by atoms with E-state index >= 15 is 0 Å². The molecule has 15 heavy (non-hydrogen) atoms. The molecule has 1 N–H and O–H groups in total. The maximum absolute atomic E-state index is 13.1. The second kappa shape index (κ2) is 4.05. The van der Waals surface area contributed by atoms with Crippen LogP contribution in [0.1, 0.15) is 25.8 Å². The molecule has 0 saturated heterocycles. The summed E-state index contributed by atoms with van der Waals surface area (Å²) in [7, 11) is 0. The smallest absolute Gasteiger partial charge is 0.123 e. The van der Waals surface area contributed by atoms with Gasteiger partial charge in [0.1, 0.15) is 5.82 Å². The largest absolute Gasteiger partial charge is 0.361 e. The fourth-order valence-corrected chi connectivity index (χ4v) is 1.80. The minimum Gasteiger partial charge on any atom is -0.361 e. The summed E-state index contributed by atoms with van der Waals surface area (Å²) < 4.78 is 13.1. The number of hydrogen-bond acceptors (Lipinski definition) is 0. The van der Waals surface area contributed by atoms with E-state index in [1.165, 1.54) is 11.6 Å². The molecule has 0 fully saturated rings. The Kier molecular flexibility index (Phi) is 2.76. The van der Waals surface area contributed by atoms with Gasteiger partial charge in [0.15, 0.2) is 0 Å². The Hall–Kier alpha value is -1.31. The van der Waals surface area contributed by atoms with Crippen LogP contribution in [0.2, 0.25) is 0 Å². The van der Waals surface area contributed by atoms with Crippen molar-refractivity contribution in [2.75, 3.05) is 0 Å². The van der Waals surface area contributed by atoms with E-state index in [0.717, 1.165) is 23.7 Å². The van der Waals surface area contributed by atoms with E-state index in [-0.39, 0.29) is 5.82 Å². The molecule has 1 heterocycles. The zero-order chi connectivity index (χ0) is 10.8. The average molecular weight is 205 g/mol. The van der Waals surface area contributed by atoms with E-state index in [0.29, 0.717) is 5.92 Å². The number of hydrogen-bond donors (Lipinski definition) is 1. The van der Waals surface area contributed by atoms with Crippen LogP contribution in [-0.4, -0.2) is 4.98 Å². The third kappa shape index (κ3) is 2.20. The van der Waals surface area contributed by atoms with Crippen molar-refractivity contribution < 1.29 is 4.39 Å². The van der Waals surface area contributed by atoms with E-state index in [4.69, 9.17) is 0 Å². The maximum Gasteiger partial charge on any atom is 0.123 e. The normalized spacial score (nSPS) is 11.5. The molecule has 0 aliphatic carbocycles. The molecular weight excluding hydrogens is 189 g/mol. The zero-order valence-electron chi connectivity index (χ0n) is 9.18. The lowest BCUT2D eigenvalue weighted by Crippen LogP contribution is -1.91. The first-order valence-corrected chi connectivity index (χ1v) is 5.42. The summed E-state index contributed by atoms with van der Waals surface area (Å²) in [6, 6.07) is 4.90. The molecular formula is C13H16FN. The van der Waals surface area contributed by atoms with Crippen molar-refractivity contribution in [3.8, 4) is 0 Å². The van der Waals surface area contributed by atoms with Gasteiger partial charge in [-0.1, -0.05) is 13.8 Å². The van der Waals surface area contributed by atoms with Crippen molar-refractivity contribution in [3.05, 3.63) is 35.8 Å². The third-order valence-electron chi connectivity index (χ3n) is 2.72. The Morgan fingerprint density at radius 2 is 2.13 bits per heavy atom. The Bertz CT molecular complexity index is 457. The minimum atomic E-state index is -0.159. The predicted octanol–water partition coefficient (Wildman–Crippen LogP) is 3.90. The Morgan fingerprint density at radius 1 is 1.33 bits per heavy atom. The maximum atomic E-state index is 13.1. The molecule has 2 aromatic rings. The quantitative estimate of drug-likeness (QED) is 0.782. The van der Waals surface area contributed by atoms with Crippen LogP contribution in [0.25, 0.3) is 10.9 Å². The van der Waals surface area contributed by atoms with E-state index in [2.05, 4.69) is 18.8 Å². The average Bonchev–Trinajstić information content (AvgIpc) is 2.57. The van der Waals surface area contributed by atoms with Gasteiger partial charge in [-0.2, -0.15) is 0 Å². The highest BCUT2D eigenvalue weighted by Crippen LogP contribution is 2.21. The zero-order valence-corrected chi connectivity index (χ0v) is 9.18. The van der Waals surface area contributed by atoms with E-state index in [1.807, 2.05) is 6.20 Å². The van der Waals surface area contributed by atoms with Crippen LogP contribution in [0.5, 0.6) is 0 Å². The molecule has 0 atom stereocenters. The fraction of sp³-hybridized carbons (Fsp3) is 0.385. The molecule has 0 unspecified atom stereocenters. The van der Waals surface area contributed by atoms with Gasteiger partial charge in [0.2, 0.25) is 0 Å². The topological polar surface area (TPSA) is 15.8 Å². The van der Waals surface area contributed by atoms with Gasteiger partial charge in [-0.05, 0) is 42.5 Å². The summed E-state index contributed by atoms with van der Waals surface area (Å²) in [5.41, 5.74) is 2.24. The summed E-state index contributed by atoms with van der Waals surface area (Å²) in [4.78, 5) is 3.17. The number of aromatic amines is 1. The number of nitrogens with one attached hydrogen (secondary N) is 1. The first kappa shape index (κ1) is 10.2. The predicted molar refractivity (Wildman–Crippen MR) is 61.4 cm³/mol. The number of H-pyrrole nitrogens is 1. The molecule has 1 aromatic carbocycles. The van der Waals surface area contributed by atoms with Crippen LogP contribution in [-0.2, 0) is 6.42 Å². The van der Waals surface area contributed by atoms with Gasteiger partial charge in [-0.15, -0.1) is 0 Å². The monoisotopic (exact) mass is 205 g/mol. The number of fused-ring (bicyclic) bond motifs is 1. The van der Waals surface area contributed by atoms with Gasteiger partial charge >= 0.3 is 0 Å². The highest BCUT2D eigenvalue weighted by molar-refractivity contribution is 5.83. The van der Waals surface area contributed by atoms with Crippen molar-refractivity contribution in [3.63, 3.8) is 0 Å². The highest BCUT2D eigenvalue weighted by Gasteiger charge is 2.05. The van der Waals surface area contributed by atoms with Crippen molar-refractivity contribution in [1.29, 1.82) is 0 Å². The fourth-order valence-electron chi connectivity index (χ4n) is 1.80. The Labute approximate surface area is 89.3 Å². The van der Waals surface area contributed by atoms with Crippen molar-refractivity contribution in [2.24, 2.45) is 5.92 Å². The molecule has 1 aromatic heterocycles. The van der Waals surface area contributed by atoms with Gasteiger partial charge in [-0.3, -0.25) is 0 Å². The van der Waals surface area contributed by atoms with Crippen LogP contribution in [0, 0.1) is 11.7 Å². The van der Waals surface area contributed by atoms with Crippen molar-refractivity contribution >= 4 is 10.9 Å². The van der Waals surface area contributed by atoms with Gasteiger partial charge in [-0.25, -0.2) is 4.39 Å². The first-order valence-electron chi connectivity index (χ1n) is 5.42. The lowest BCUT2D eigenvalue weighted by atomic mass is 10.0. The third-order valence-corrected chi connectivity index (χ3v) is 2.72. The number of aromatic nitrogens is 1. The van der Waals surface area contributed by atoms with Crippen molar-refractivity contribution in [1.82, 2.24) is 4.98 Å². The molecule has 2 rings (SSSR count). The van der Waals surface area contributed by atoms with Crippen LogP contribution in [0.15, 0.2) is 24.4 Å². The van der Waals surface area contributed by atoms with Gasteiger partial charge < -0.3 is 4.98 Å². The minimum absolute atomic E-state index is 0.159. The molecule has 1 nitrogen and oxygen atoms in total. The molecule has 0 amide bonds. The molecule has 0 aliphatic rings. The summed E-state index contributed by atoms with van der Waals surface area (Å²) in [6.07, 6.45) is 4.15. The number of rotatable bonds is 3. The summed E-state index contributed by atoms with van der Waals surface area (Å²) in [5.74, 6) is 0.524. The second-order valence-electron chi connectivity index (χ2n) is 4.44. The lowest BCUT2D eigenvalue weighted by molar-refractivity contribution is 0.588. The summed E-state index contributed by atoms with van der Waals surface area (Å²) >= 11 is 0. The van der Waals surface area contributed by atoms with Crippen LogP contribution >= 0.6 is 0 Å². The lowest BCUT2D eigenvalue weighted by Gasteiger charge is -2.02. The first-order chi connectivity index (χ1) is 7.16. The van der Waals surface area contributed by atoms with E-state index < -0.39 is 0 Å². The van der Waals surface area contributed by atoms with E-state index in [1.54, 1.807) is 12.1 Å². The number of halogens is 1. The second-order valence-corrected chi connectivity index (χ2v) is 4.44. The molecule has 0 aliphatic heterocycles. The Morgan fingerprint density at radius 3 is 2.87 bits per heavy atom. The number of benzene rings is 1. The Balaban J connectivity index is 2.31. The van der Waals surface area contributed by atoms with Crippen LogP contribution < -0.4 is 0 Å². The highest BCUT2D eigenvalue weighted by atomic mass is 19.1. The summed E-state index contributed by atoms with van der Waals surface area (Å²) in [6.45, 7) is 4.41. The molecule has 0 radical (unpaired) electrons. The molecule has 2 heteroatoms. The van der Waals surface area contributed by atoms with Crippen LogP contribution in [0.3, 0.4) is 0 Å². The van der Waals surface area contributed by atoms with E-state index in [9.17, 15) is 4.39 Å². The van der Waals surface area contributed by atoms with Gasteiger partial charge in [0.05, 0.1) is 0 Å². The molecule has 0 spiro atoms. The molecule has 0 bridgehead atoms. The molecule has 0 saturated carbocycles. The van der Waals surface area contributed by atoms with Gasteiger partial charge in [0, 0.05) is 17.1 Å². The number of aryl methyl sites for hydroxylation is 1. The molecule has 80 valence electrons. The van der Waals surface area contributed by atoms with Gasteiger partial charge in [0.25, 0.3) is 0 Å². The van der Waals surface area contributed by atoms with Crippen LogP contribution in [0.4, 0.5) is 4.39 Å². The summed E-state index contributed by atoms with van der Waals surface area (Å²) in [5, 5.41) is 1.02.